The van der Waals surface area contributed by atoms with Crippen LogP contribution in [0.25, 0.3) is 0 Å². The summed E-state index contributed by atoms with van der Waals surface area (Å²) in [5.41, 5.74) is 2.93. The van der Waals surface area contributed by atoms with Crippen LogP contribution in [0.5, 0.6) is 0 Å². The molecule has 3 rings (SSSR count). The molecule has 98 valence electrons. The van der Waals surface area contributed by atoms with Crippen LogP contribution in [0.15, 0.2) is 53.1 Å². The van der Waals surface area contributed by atoms with E-state index in [2.05, 4.69) is 68.7 Å². The minimum Gasteiger partial charge on any atom is -0.315 e. The molecule has 1 aliphatic heterocycles. The molecule has 2 heterocycles. The highest BCUT2D eigenvalue weighted by Crippen LogP contribution is 2.31. The van der Waals surface area contributed by atoms with Crippen molar-refractivity contribution in [3.05, 3.63) is 64.4 Å². The van der Waals surface area contributed by atoms with Crippen molar-refractivity contribution in [2.24, 2.45) is 5.41 Å². The maximum absolute atomic E-state index is 4.51. The smallest absolute Gasteiger partial charge is 0.0413 e. The highest BCUT2D eigenvalue weighted by atomic mass is 79.9. The predicted molar refractivity (Wildman–Crippen MR) is 81.1 cm³/mol. The van der Waals surface area contributed by atoms with E-state index in [1.807, 2.05) is 6.20 Å². The van der Waals surface area contributed by atoms with Crippen molar-refractivity contribution < 1.29 is 0 Å². The van der Waals surface area contributed by atoms with Gasteiger partial charge >= 0.3 is 0 Å². The van der Waals surface area contributed by atoms with E-state index in [0.717, 1.165) is 30.4 Å². The summed E-state index contributed by atoms with van der Waals surface area (Å²) < 4.78 is 1.04. The standard InChI is InChI=1S/C16H17BrN2/c17-14-6-7-15(19-10-14)9-16(11-18-12-16)8-13-4-2-1-3-5-13/h1-7,10,18H,8-9,11-12H2. The summed E-state index contributed by atoms with van der Waals surface area (Å²) in [5.74, 6) is 0. The fourth-order valence-corrected chi connectivity index (χ4v) is 2.95. The van der Waals surface area contributed by atoms with Gasteiger partial charge in [0.1, 0.15) is 0 Å². The van der Waals surface area contributed by atoms with E-state index < -0.39 is 0 Å². The van der Waals surface area contributed by atoms with E-state index in [4.69, 9.17) is 0 Å². The van der Waals surface area contributed by atoms with E-state index >= 15 is 0 Å². The number of hydrogen-bond acceptors (Lipinski definition) is 2. The molecule has 0 spiro atoms. The molecule has 1 aliphatic rings. The maximum Gasteiger partial charge on any atom is 0.0413 e. The molecule has 0 aliphatic carbocycles. The number of hydrogen-bond donors (Lipinski definition) is 1. The molecule has 0 saturated carbocycles. The molecule has 0 unspecified atom stereocenters. The topological polar surface area (TPSA) is 24.9 Å². The van der Waals surface area contributed by atoms with Crippen LogP contribution in [0.3, 0.4) is 0 Å². The fraction of sp³-hybridized carbons (Fsp3) is 0.312. The second-order valence-corrected chi connectivity index (χ2v) is 6.33. The van der Waals surface area contributed by atoms with E-state index in [0.29, 0.717) is 5.41 Å². The molecule has 2 nitrogen and oxygen atoms in total. The van der Waals surface area contributed by atoms with Crippen LogP contribution in [0, 0.1) is 5.41 Å². The summed E-state index contributed by atoms with van der Waals surface area (Å²) >= 11 is 3.44. The minimum atomic E-state index is 0.335. The maximum atomic E-state index is 4.51. The van der Waals surface area contributed by atoms with Gasteiger partial charge < -0.3 is 5.32 Å². The Morgan fingerprint density at radius 2 is 1.84 bits per heavy atom. The normalized spacial score (nSPS) is 16.9. The summed E-state index contributed by atoms with van der Waals surface area (Å²) in [6.07, 6.45) is 4.05. The first-order chi connectivity index (χ1) is 9.26. The van der Waals surface area contributed by atoms with Gasteiger partial charge in [0, 0.05) is 34.9 Å². The quantitative estimate of drug-likeness (QED) is 0.936. The average molecular weight is 317 g/mol. The van der Waals surface area contributed by atoms with Gasteiger partial charge in [-0.3, -0.25) is 4.98 Å². The van der Waals surface area contributed by atoms with Gasteiger partial charge in [0.05, 0.1) is 0 Å². The van der Waals surface area contributed by atoms with Gasteiger partial charge in [-0.1, -0.05) is 30.3 Å². The number of aromatic nitrogens is 1. The number of nitrogens with zero attached hydrogens (tertiary/aromatic N) is 1. The van der Waals surface area contributed by atoms with Gasteiger partial charge in [0.15, 0.2) is 0 Å². The van der Waals surface area contributed by atoms with Crippen molar-refractivity contribution in [2.75, 3.05) is 13.1 Å². The number of pyridine rings is 1. The second kappa shape index (κ2) is 5.43. The zero-order chi connectivity index (χ0) is 13.1. The molecule has 1 fully saturated rings. The Balaban J connectivity index is 1.74. The summed E-state index contributed by atoms with van der Waals surface area (Å²) in [7, 11) is 0. The van der Waals surface area contributed by atoms with E-state index in [1.54, 1.807) is 0 Å². The van der Waals surface area contributed by atoms with E-state index in [-0.39, 0.29) is 0 Å². The Hall–Kier alpha value is -1.19. The van der Waals surface area contributed by atoms with E-state index in [9.17, 15) is 0 Å². The number of rotatable bonds is 4. The molecule has 0 amide bonds. The first-order valence-electron chi connectivity index (χ1n) is 6.61. The molecule has 0 bridgehead atoms. The van der Waals surface area contributed by atoms with Crippen molar-refractivity contribution >= 4 is 15.9 Å². The third kappa shape index (κ3) is 3.04. The molecular weight excluding hydrogens is 300 g/mol. The monoisotopic (exact) mass is 316 g/mol. The number of nitrogens with one attached hydrogen (secondary N) is 1. The lowest BCUT2D eigenvalue weighted by molar-refractivity contribution is 0.165. The molecule has 3 heteroatoms. The van der Waals surface area contributed by atoms with Crippen molar-refractivity contribution in [2.45, 2.75) is 12.8 Å². The molecular formula is C16H17BrN2. The molecule has 0 atom stereocenters. The summed E-state index contributed by atoms with van der Waals surface area (Å²) in [6.45, 7) is 2.17. The minimum absolute atomic E-state index is 0.335. The highest BCUT2D eigenvalue weighted by Gasteiger charge is 2.37. The first kappa shape index (κ1) is 12.8. The lowest BCUT2D eigenvalue weighted by Gasteiger charge is -2.43. The van der Waals surface area contributed by atoms with Crippen LogP contribution < -0.4 is 5.32 Å². The lowest BCUT2D eigenvalue weighted by atomic mass is 9.73. The molecule has 1 saturated heterocycles. The molecule has 1 aromatic carbocycles. The van der Waals surface area contributed by atoms with Crippen LogP contribution in [0.2, 0.25) is 0 Å². The first-order valence-corrected chi connectivity index (χ1v) is 7.40. The van der Waals surface area contributed by atoms with Crippen LogP contribution in [0.4, 0.5) is 0 Å². The fourth-order valence-electron chi connectivity index (χ4n) is 2.72. The third-order valence-electron chi connectivity index (χ3n) is 3.77. The van der Waals surface area contributed by atoms with Gasteiger partial charge in [0.2, 0.25) is 0 Å². The zero-order valence-corrected chi connectivity index (χ0v) is 12.4. The Bertz CT molecular complexity index is 532. The molecule has 0 radical (unpaired) electrons. The van der Waals surface area contributed by atoms with E-state index in [1.165, 1.54) is 11.3 Å². The molecule has 1 aromatic heterocycles. The Morgan fingerprint density at radius 3 is 2.42 bits per heavy atom. The zero-order valence-electron chi connectivity index (χ0n) is 10.8. The predicted octanol–water partition coefficient (Wildman–Crippen LogP) is 3.22. The number of halogens is 1. The largest absolute Gasteiger partial charge is 0.315 e. The van der Waals surface area contributed by atoms with Crippen molar-refractivity contribution in [3.8, 4) is 0 Å². The van der Waals surface area contributed by atoms with Crippen molar-refractivity contribution in [1.29, 1.82) is 0 Å². The van der Waals surface area contributed by atoms with Gasteiger partial charge in [0.25, 0.3) is 0 Å². The van der Waals surface area contributed by atoms with Crippen molar-refractivity contribution in [3.63, 3.8) is 0 Å². The molecule has 19 heavy (non-hydrogen) atoms. The van der Waals surface area contributed by atoms with Crippen LogP contribution in [-0.4, -0.2) is 18.1 Å². The van der Waals surface area contributed by atoms with Gasteiger partial charge in [-0.25, -0.2) is 0 Å². The van der Waals surface area contributed by atoms with Crippen LogP contribution in [-0.2, 0) is 12.8 Å². The SMILES string of the molecule is Brc1ccc(CC2(Cc3ccccc3)CNC2)nc1. The summed E-state index contributed by atoms with van der Waals surface area (Å²) in [5, 5.41) is 3.42. The van der Waals surface area contributed by atoms with Gasteiger partial charge in [-0.05, 0) is 46.5 Å². The molecule has 2 aromatic rings. The molecule has 1 N–H and O–H groups in total. The Kier molecular flexibility index (Phi) is 3.67. The van der Waals surface area contributed by atoms with Gasteiger partial charge in [-0.2, -0.15) is 0 Å². The van der Waals surface area contributed by atoms with Crippen LogP contribution in [0.1, 0.15) is 11.3 Å². The lowest BCUT2D eigenvalue weighted by Crippen LogP contribution is -2.56. The van der Waals surface area contributed by atoms with Crippen LogP contribution >= 0.6 is 15.9 Å². The second-order valence-electron chi connectivity index (χ2n) is 5.41. The third-order valence-corrected chi connectivity index (χ3v) is 4.24. The number of benzene rings is 1. The van der Waals surface area contributed by atoms with Gasteiger partial charge in [-0.15, -0.1) is 0 Å². The summed E-state index contributed by atoms with van der Waals surface area (Å²) in [6, 6.07) is 14.9. The average Bonchev–Trinajstić information content (AvgIpc) is 2.40. The highest BCUT2D eigenvalue weighted by molar-refractivity contribution is 9.10. The Morgan fingerprint density at radius 1 is 1.05 bits per heavy atom. The Labute approximate surface area is 122 Å². The summed E-state index contributed by atoms with van der Waals surface area (Å²) in [4.78, 5) is 4.51. The van der Waals surface area contributed by atoms with Crippen molar-refractivity contribution in [1.82, 2.24) is 10.3 Å².